The Hall–Kier alpha value is -3.06. The van der Waals surface area contributed by atoms with Crippen LogP contribution in [0.3, 0.4) is 0 Å². The molecule has 0 heterocycles. The molecule has 0 saturated heterocycles. The normalized spacial score (nSPS) is 18.0. The van der Waals surface area contributed by atoms with Crippen LogP contribution in [0.2, 0.25) is 0 Å². The Bertz CT molecular complexity index is 1030. The molecule has 1 saturated carbocycles. The monoisotopic (exact) mass is 481 g/mol. The fraction of sp³-hybridized carbons (Fsp3) is 0.500. The molecule has 190 valence electrons. The summed E-state index contributed by atoms with van der Waals surface area (Å²) in [6.45, 7) is 6.70. The number of amides is 2. The van der Waals surface area contributed by atoms with Gasteiger partial charge in [0.25, 0.3) is 5.91 Å². The predicted molar refractivity (Wildman–Crippen MR) is 139 cm³/mol. The zero-order valence-corrected chi connectivity index (χ0v) is 21.6. The van der Waals surface area contributed by atoms with E-state index in [4.69, 9.17) is 15.2 Å². The van der Waals surface area contributed by atoms with Gasteiger partial charge in [-0.3, -0.25) is 9.59 Å². The van der Waals surface area contributed by atoms with Crippen molar-refractivity contribution in [3.8, 4) is 11.5 Å². The number of anilines is 1. The predicted octanol–water partition coefficient (Wildman–Crippen LogP) is 4.99. The number of nitrogens with zero attached hydrogens (tertiary/aromatic N) is 1. The van der Waals surface area contributed by atoms with Crippen molar-refractivity contribution in [2.24, 2.45) is 11.1 Å². The van der Waals surface area contributed by atoms with Crippen LogP contribution < -0.4 is 20.5 Å². The van der Waals surface area contributed by atoms with Gasteiger partial charge in [0.2, 0.25) is 5.91 Å². The molecule has 0 aliphatic heterocycles. The summed E-state index contributed by atoms with van der Waals surface area (Å²) < 4.78 is 10.6. The summed E-state index contributed by atoms with van der Waals surface area (Å²) >= 11 is 0. The average molecular weight is 482 g/mol. The summed E-state index contributed by atoms with van der Waals surface area (Å²) in [4.78, 5) is 28.2. The van der Waals surface area contributed by atoms with Crippen molar-refractivity contribution in [1.82, 2.24) is 4.90 Å². The molecule has 3 N–H and O–H groups in total. The largest absolute Gasteiger partial charge is 0.493 e. The highest BCUT2D eigenvalue weighted by atomic mass is 16.5. The SMILES string of the molecule is COc1ccc(C(=O)Nc2cccc(CN(C(=O)CC(C)(C)C)C3CCCCC3N)c2)cc1OC. The molecular formula is C28H39N3O4. The molecule has 2 amide bonds. The number of carbonyl (C=O) groups excluding carboxylic acids is 2. The molecule has 0 spiro atoms. The van der Waals surface area contributed by atoms with Crippen LogP contribution in [-0.4, -0.2) is 43.0 Å². The van der Waals surface area contributed by atoms with E-state index in [0.29, 0.717) is 35.7 Å². The minimum atomic E-state index is -0.252. The second-order valence-corrected chi connectivity index (χ2v) is 10.5. The second kappa shape index (κ2) is 11.6. The van der Waals surface area contributed by atoms with E-state index in [9.17, 15) is 9.59 Å². The Morgan fingerprint density at radius 1 is 1.03 bits per heavy atom. The molecule has 1 aliphatic rings. The third-order valence-electron chi connectivity index (χ3n) is 6.37. The highest BCUT2D eigenvalue weighted by Crippen LogP contribution is 2.29. The van der Waals surface area contributed by atoms with E-state index in [0.717, 1.165) is 31.2 Å². The van der Waals surface area contributed by atoms with E-state index in [-0.39, 0.29) is 29.3 Å². The molecule has 3 rings (SSSR count). The first-order valence-corrected chi connectivity index (χ1v) is 12.3. The molecule has 7 heteroatoms. The van der Waals surface area contributed by atoms with Gasteiger partial charge in [0.05, 0.1) is 14.2 Å². The molecule has 2 aromatic carbocycles. The van der Waals surface area contributed by atoms with E-state index in [1.165, 1.54) is 7.11 Å². The molecule has 0 bridgehead atoms. The summed E-state index contributed by atoms with van der Waals surface area (Å²) in [6, 6.07) is 12.7. The number of carbonyl (C=O) groups is 2. The van der Waals surface area contributed by atoms with Crippen LogP contribution in [0.25, 0.3) is 0 Å². The van der Waals surface area contributed by atoms with Gasteiger partial charge in [-0.15, -0.1) is 0 Å². The standard InChI is InChI=1S/C28H39N3O4/c1-28(2,3)17-26(32)31(23-12-7-6-11-22(23)29)18-19-9-8-10-21(15-19)30-27(33)20-13-14-24(34-4)25(16-20)35-5/h8-10,13-16,22-23H,6-7,11-12,17-18,29H2,1-5H3,(H,30,33). The van der Waals surface area contributed by atoms with Crippen molar-refractivity contribution in [2.75, 3.05) is 19.5 Å². The van der Waals surface area contributed by atoms with Crippen molar-refractivity contribution in [3.63, 3.8) is 0 Å². The maximum absolute atomic E-state index is 13.3. The van der Waals surface area contributed by atoms with Gasteiger partial charge in [0.1, 0.15) is 0 Å². The molecule has 2 aromatic rings. The number of rotatable bonds is 8. The second-order valence-electron chi connectivity index (χ2n) is 10.5. The van der Waals surface area contributed by atoms with Gasteiger partial charge in [-0.05, 0) is 54.2 Å². The van der Waals surface area contributed by atoms with Crippen molar-refractivity contribution < 1.29 is 19.1 Å². The fourth-order valence-corrected chi connectivity index (χ4v) is 4.60. The van der Waals surface area contributed by atoms with E-state index in [1.807, 2.05) is 29.2 Å². The van der Waals surface area contributed by atoms with E-state index in [1.54, 1.807) is 25.3 Å². The Kier molecular flexibility index (Phi) is 8.78. The lowest BCUT2D eigenvalue weighted by Gasteiger charge is -2.39. The molecule has 2 unspecified atom stereocenters. The lowest BCUT2D eigenvalue weighted by molar-refractivity contribution is -0.137. The average Bonchev–Trinajstić information content (AvgIpc) is 2.81. The molecule has 7 nitrogen and oxygen atoms in total. The van der Waals surface area contributed by atoms with Crippen LogP contribution in [-0.2, 0) is 11.3 Å². The topological polar surface area (TPSA) is 93.9 Å². The van der Waals surface area contributed by atoms with Crippen LogP contribution in [0.5, 0.6) is 11.5 Å². The molecule has 35 heavy (non-hydrogen) atoms. The van der Waals surface area contributed by atoms with Gasteiger partial charge in [0, 0.05) is 36.3 Å². The number of benzene rings is 2. The van der Waals surface area contributed by atoms with Crippen LogP contribution in [0.4, 0.5) is 5.69 Å². The number of nitrogens with two attached hydrogens (primary N) is 1. The third-order valence-corrected chi connectivity index (χ3v) is 6.37. The molecular weight excluding hydrogens is 442 g/mol. The van der Waals surface area contributed by atoms with Crippen LogP contribution in [0.1, 0.15) is 68.8 Å². The lowest BCUT2D eigenvalue weighted by atomic mass is 9.87. The fourth-order valence-electron chi connectivity index (χ4n) is 4.60. The van der Waals surface area contributed by atoms with Gasteiger partial charge in [0.15, 0.2) is 11.5 Å². The van der Waals surface area contributed by atoms with Crippen LogP contribution >= 0.6 is 0 Å². The van der Waals surface area contributed by atoms with Crippen molar-refractivity contribution >= 4 is 17.5 Å². The number of hydrogen-bond donors (Lipinski definition) is 2. The Labute approximate surface area is 209 Å². The zero-order chi connectivity index (χ0) is 25.6. The summed E-state index contributed by atoms with van der Waals surface area (Å²) in [5, 5.41) is 2.95. The number of methoxy groups -OCH3 is 2. The zero-order valence-electron chi connectivity index (χ0n) is 21.6. The number of nitrogens with one attached hydrogen (secondary N) is 1. The first kappa shape index (κ1) is 26.5. The summed E-state index contributed by atoms with van der Waals surface area (Å²) in [5.74, 6) is 0.926. The smallest absolute Gasteiger partial charge is 0.255 e. The first-order valence-electron chi connectivity index (χ1n) is 12.3. The van der Waals surface area contributed by atoms with Gasteiger partial charge in [-0.2, -0.15) is 0 Å². The molecule has 0 radical (unpaired) electrons. The van der Waals surface area contributed by atoms with Crippen molar-refractivity contribution in [3.05, 3.63) is 53.6 Å². The number of hydrogen-bond acceptors (Lipinski definition) is 5. The molecule has 0 aromatic heterocycles. The van der Waals surface area contributed by atoms with Gasteiger partial charge in [-0.25, -0.2) is 0 Å². The Morgan fingerprint density at radius 2 is 1.74 bits per heavy atom. The van der Waals surface area contributed by atoms with Gasteiger partial charge >= 0.3 is 0 Å². The molecule has 1 fully saturated rings. The van der Waals surface area contributed by atoms with Crippen LogP contribution in [0.15, 0.2) is 42.5 Å². The van der Waals surface area contributed by atoms with Crippen molar-refractivity contribution in [2.45, 2.75) is 71.5 Å². The minimum Gasteiger partial charge on any atom is -0.493 e. The van der Waals surface area contributed by atoms with Gasteiger partial charge in [-0.1, -0.05) is 45.7 Å². The highest BCUT2D eigenvalue weighted by Gasteiger charge is 2.32. The summed E-state index contributed by atoms with van der Waals surface area (Å²) in [7, 11) is 3.09. The Morgan fingerprint density at radius 3 is 2.40 bits per heavy atom. The number of ether oxygens (including phenoxy) is 2. The van der Waals surface area contributed by atoms with Crippen molar-refractivity contribution in [1.29, 1.82) is 0 Å². The van der Waals surface area contributed by atoms with E-state index in [2.05, 4.69) is 26.1 Å². The lowest BCUT2D eigenvalue weighted by Crippen LogP contribution is -2.52. The Balaban J connectivity index is 1.78. The van der Waals surface area contributed by atoms with Crippen LogP contribution in [0, 0.1) is 5.41 Å². The van der Waals surface area contributed by atoms with E-state index >= 15 is 0 Å². The maximum atomic E-state index is 13.3. The van der Waals surface area contributed by atoms with E-state index < -0.39 is 0 Å². The third kappa shape index (κ3) is 7.21. The molecule has 2 atom stereocenters. The quantitative estimate of drug-likeness (QED) is 0.554. The maximum Gasteiger partial charge on any atom is 0.255 e. The highest BCUT2D eigenvalue weighted by molar-refractivity contribution is 6.04. The molecule has 1 aliphatic carbocycles. The minimum absolute atomic E-state index is 0.0133. The van der Waals surface area contributed by atoms with Gasteiger partial charge < -0.3 is 25.4 Å². The summed E-state index contributed by atoms with van der Waals surface area (Å²) in [6.07, 6.45) is 4.51. The first-order chi connectivity index (χ1) is 16.6. The summed E-state index contributed by atoms with van der Waals surface area (Å²) in [5.41, 5.74) is 8.44.